The number of rotatable bonds is 31. The van der Waals surface area contributed by atoms with E-state index in [4.69, 9.17) is 51.6 Å². The molecule has 0 amide bonds. The molecule has 444 valence electrons. The van der Waals surface area contributed by atoms with Crippen molar-refractivity contribution in [2.75, 3.05) is 13.6 Å². The highest BCUT2D eigenvalue weighted by atomic mass is 35.5. The van der Waals surface area contributed by atoms with Crippen LogP contribution in [0.2, 0.25) is 10.0 Å². The fourth-order valence-electron chi connectivity index (χ4n) is 9.71. The molecule has 0 bridgehead atoms. The van der Waals surface area contributed by atoms with E-state index >= 15 is 0 Å². The number of nitrogens with zero attached hydrogens (tertiary/aromatic N) is 4. The first-order chi connectivity index (χ1) is 41.7. The van der Waals surface area contributed by atoms with Crippen molar-refractivity contribution in [3.63, 3.8) is 0 Å². The van der Waals surface area contributed by atoms with Gasteiger partial charge < -0.3 is 38.6 Å². The molecule has 0 radical (unpaired) electrons. The highest BCUT2D eigenvalue weighted by molar-refractivity contribution is 6.32. The van der Waals surface area contributed by atoms with E-state index in [0.717, 1.165) is 72.5 Å². The summed E-state index contributed by atoms with van der Waals surface area (Å²) in [5, 5.41) is 27.5. The smallest absolute Gasteiger partial charge is 0.323 e. The number of carbonyl (C=O) groups is 2. The molecule has 8 aromatic rings. The largest absolute Gasteiger partial charge is 0.488 e. The molecule has 6 aromatic carbocycles. The normalized spacial score (nSPS) is 13.4. The molecular weight excluding hydrogens is 1130 g/mol. The molecule has 4 atom stereocenters. The molecule has 0 saturated carbocycles. The van der Waals surface area contributed by atoms with Crippen molar-refractivity contribution in [2.24, 2.45) is 9.98 Å². The van der Waals surface area contributed by atoms with Crippen LogP contribution in [0.3, 0.4) is 0 Å². The lowest BCUT2D eigenvalue weighted by Crippen LogP contribution is -2.45. The molecule has 2 aromatic heterocycles. The number of hydrogen-bond donors (Lipinski definition) is 4. The van der Waals surface area contributed by atoms with E-state index < -0.39 is 36.2 Å². The van der Waals surface area contributed by atoms with Gasteiger partial charge in [0.15, 0.2) is 0 Å². The highest BCUT2D eigenvalue weighted by Crippen LogP contribution is 2.38. The lowest BCUT2D eigenvalue weighted by atomic mass is 9.92. The number of carboxylic acids is 2. The Bertz CT molecular complexity index is 3700. The molecule has 1 aliphatic heterocycles. The summed E-state index contributed by atoms with van der Waals surface area (Å²) in [6.07, 6.45) is 7.29. The van der Waals surface area contributed by atoms with Crippen LogP contribution in [0.25, 0.3) is 11.1 Å². The van der Waals surface area contributed by atoms with Crippen LogP contribution in [0, 0.1) is 13.8 Å². The van der Waals surface area contributed by atoms with Crippen molar-refractivity contribution in [2.45, 2.75) is 105 Å². The minimum Gasteiger partial charge on any atom is -0.488 e. The van der Waals surface area contributed by atoms with Crippen LogP contribution in [0.5, 0.6) is 23.0 Å². The summed E-state index contributed by atoms with van der Waals surface area (Å²) in [7, 11) is 1.69. The van der Waals surface area contributed by atoms with Crippen molar-refractivity contribution >= 4 is 47.1 Å². The SMILES string of the molecule is C/N=C/c1cncc(COc2cc(OCc3cccc(-c4cccc(COc5cc(OCc6cncc(C7=NC7)c6)c(CN[C@H](C(=O)O)[C@@H](C)OCc6ccccc6)cc5Cl)c4C)c3C)c(Cl)cc2CN[C@H](C(=O)O)[C@@H](C)OCc2ccccc2)c1. The molecule has 16 nitrogen and oxygen atoms in total. The van der Waals surface area contributed by atoms with Crippen molar-refractivity contribution in [1.82, 2.24) is 20.6 Å². The molecule has 0 saturated heterocycles. The zero-order chi connectivity index (χ0) is 60.5. The molecule has 0 unspecified atom stereocenters. The lowest BCUT2D eigenvalue weighted by Gasteiger charge is -2.23. The molecule has 1 aliphatic rings. The summed E-state index contributed by atoms with van der Waals surface area (Å²) in [5.74, 6) is -0.474. The average Bonchev–Trinajstić information content (AvgIpc) is 3.62. The molecule has 86 heavy (non-hydrogen) atoms. The van der Waals surface area contributed by atoms with Crippen LogP contribution in [-0.4, -0.2) is 81.9 Å². The predicted octanol–water partition coefficient (Wildman–Crippen LogP) is 12.5. The number of ether oxygens (including phenoxy) is 6. The monoisotopic (exact) mass is 1200 g/mol. The third-order valence-electron chi connectivity index (χ3n) is 14.7. The van der Waals surface area contributed by atoms with Gasteiger partial charge in [0.2, 0.25) is 0 Å². The van der Waals surface area contributed by atoms with Gasteiger partial charge in [-0.05, 0) is 96.5 Å². The minimum atomic E-state index is -1.06. The number of hydrogen-bond acceptors (Lipinski definition) is 14. The van der Waals surface area contributed by atoms with Crippen LogP contribution >= 0.6 is 23.2 Å². The Morgan fingerprint density at radius 1 is 0.547 bits per heavy atom. The van der Waals surface area contributed by atoms with E-state index in [-0.39, 0.29) is 52.7 Å². The summed E-state index contributed by atoms with van der Waals surface area (Å²) in [5.41, 5.74) is 13.3. The van der Waals surface area contributed by atoms with Gasteiger partial charge in [-0.2, -0.15) is 0 Å². The Morgan fingerprint density at radius 3 is 1.45 bits per heavy atom. The second-order valence-corrected chi connectivity index (χ2v) is 21.7. The number of nitrogens with one attached hydrogen (secondary N) is 2. The predicted molar refractivity (Wildman–Crippen MR) is 333 cm³/mol. The van der Waals surface area contributed by atoms with Gasteiger partial charge in [0.05, 0.1) is 47.7 Å². The molecule has 4 N–H and O–H groups in total. The van der Waals surface area contributed by atoms with Crippen molar-refractivity contribution in [3.05, 3.63) is 235 Å². The zero-order valence-electron chi connectivity index (χ0n) is 48.5. The third kappa shape index (κ3) is 16.9. The standard InChI is InChI=1S/C68H68Cl2N6O10/c1-42-51(40-85-63-26-61(83-38-49-22-48(28-71-5)29-72-30-49)54(24-58(63)69)33-75-65(67(77)78)44(3)81-36-46-14-8-6-9-15-46)18-12-20-56(42)57-21-13-19-52(43(57)2)41-86-64-27-62(84-39-50-23-53(32-73-31-50)60-35-74-60)55(25-59(64)70)34-76-66(68(79)80)45(4)82-37-47-16-10-7-11-17-47/h6-32,44-45,65-66,75-76H,33-41H2,1-5H3,(H,77,78)(H,79,80)/b71-28+/t44-,45-,65+,66+/m1/s1. The van der Waals surface area contributed by atoms with E-state index in [1.165, 1.54) is 0 Å². The Hall–Kier alpha value is -8.48. The number of aliphatic imine (C=N–C) groups is 2. The Morgan fingerprint density at radius 2 is 1.00 bits per heavy atom. The van der Waals surface area contributed by atoms with Gasteiger partial charge in [0.25, 0.3) is 0 Å². The summed E-state index contributed by atoms with van der Waals surface area (Å²) in [6.45, 7) is 9.62. The molecular formula is C68H68Cl2N6O10. The highest BCUT2D eigenvalue weighted by Gasteiger charge is 2.28. The first kappa shape index (κ1) is 62.1. The minimum absolute atomic E-state index is 0.0942. The fraction of sp³-hybridized carbons (Fsp3) is 0.265. The summed E-state index contributed by atoms with van der Waals surface area (Å²) >= 11 is 14.0. The molecule has 0 aliphatic carbocycles. The quantitative estimate of drug-likeness (QED) is 0.0299. The van der Waals surface area contributed by atoms with Crippen LogP contribution in [-0.2, 0) is 71.8 Å². The van der Waals surface area contributed by atoms with Crippen molar-refractivity contribution < 1.29 is 48.2 Å². The maximum absolute atomic E-state index is 12.6. The maximum atomic E-state index is 12.6. The van der Waals surface area contributed by atoms with Crippen molar-refractivity contribution in [1.29, 1.82) is 0 Å². The summed E-state index contributed by atoms with van der Waals surface area (Å²) in [4.78, 5) is 42.4. The second-order valence-electron chi connectivity index (χ2n) is 20.9. The number of halogens is 2. The average molecular weight is 1200 g/mol. The first-order valence-electron chi connectivity index (χ1n) is 28.1. The van der Waals surface area contributed by atoms with E-state index in [0.29, 0.717) is 50.7 Å². The van der Waals surface area contributed by atoms with Gasteiger partial charge in [-0.25, -0.2) is 0 Å². The first-order valence-corrected chi connectivity index (χ1v) is 28.9. The molecule has 3 heterocycles. The number of aliphatic carboxylic acids is 2. The third-order valence-corrected chi connectivity index (χ3v) is 15.3. The molecule has 9 rings (SSSR count). The van der Waals surface area contributed by atoms with Gasteiger partial charge in [-0.15, -0.1) is 0 Å². The topological polar surface area (TPSA) is 205 Å². The molecule has 18 heteroatoms. The van der Waals surface area contributed by atoms with E-state index in [2.05, 4.69) is 56.6 Å². The van der Waals surface area contributed by atoms with Crippen LogP contribution in [0.4, 0.5) is 0 Å². The Kier molecular flexibility index (Phi) is 21.7. The van der Waals surface area contributed by atoms with E-state index in [1.807, 2.05) is 97.1 Å². The number of benzene rings is 6. The van der Waals surface area contributed by atoms with Gasteiger partial charge in [0.1, 0.15) is 61.5 Å². The number of carboxylic acid groups (broad SMARTS) is 2. The van der Waals surface area contributed by atoms with Crippen LogP contribution in [0.1, 0.15) is 80.6 Å². The van der Waals surface area contributed by atoms with Crippen molar-refractivity contribution in [3.8, 4) is 34.1 Å². The van der Waals surface area contributed by atoms with Crippen LogP contribution in [0.15, 0.2) is 168 Å². The maximum Gasteiger partial charge on any atom is 0.323 e. The van der Waals surface area contributed by atoms with Gasteiger partial charge in [-0.3, -0.25) is 40.2 Å². The zero-order valence-corrected chi connectivity index (χ0v) is 50.0. The molecule has 0 spiro atoms. The van der Waals surface area contributed by atoms with E-state index in [9.17, 15) is 19.8 Å². The van der Waals surface area contributed by atoms with E-state index in [1.54, 1.807) is 76.2 Å². The summed E-state index contributed by atoms with van der Waals surface area (Å²) in [6, 6.07) is 40.1. The Balaban J connectivity index is 0.905. The number of aromatic nitrogens is 2. The second kappa shape index (κ2) is 30.0. The molecule has 0 fully saturated rings. The van der Waals surface area contributed by atoms with Crippen LogP contribution < -0.4 is 29.6 Å². The Labute approximate surface area is 510 Å². The fourth-order valence-corrected chi connectivity index (χ4v) is 10.2. The van der Waals surface area contributed by atoms with Gasteiger partial charge in [0, 0.05) is 96.7 Å². The van der Waals surface area contributed by atoms with Gasteiger partial charge >= 0.3 is 11.9 Å². The summed E-state index contributed by atoms with van der Waals surface area (Å²) < 4.78 is 38.0. The number of pyridine rings is 2. The van der Waals surface area contributed by atoms with Gasteiger partial charge in [-0.1, -0.05) is 120 Å². The lowest BCUT2D eigenvalue weighted by molar-refractivity contribution is -0.145.